The molecule has 0 spiro atoms. The Morgan fingerprint density at radius 3 is 2.59 bits per heavy atom. The molecule has 0 radical (unpaired) electrons. The van der Waals surface area contributed by atoms with Gasteiger partial charge in [0, 0.05) is 18.3 Å². The zero-order valence-corrected chi connectivity index (χ0v) is 17.9. The third-order valence-electron chi connectivity index (χ3n) is 3.99. The van der Waals surface area contributed by atoms with E-state index in [1.54, 1.807) is 13.2 Å². The summed E-state index contributed by atoms with van der Waals surface area (Å²) in [7, 11) is 1.59. The van der Waals surface area contributed by atoms with Crippen LogP contribution in [0.5, 0.6) is 11.5 Å². The summed E-state index contributed by atoms with van der Waals surface area (Å²) in [6.45, 7) is 7.58. The van der Waals surface area contributed by atoms with Crippen molar-refractivity contribution < 1.29 is 14.3 Å². The molecular weight excluding hydrogens is 408 g/mol. The fourth-order valence-electron chi connectivity index (χ4n) is 2.42. The number of benzene rings is 2. The van der Waals surface area contributed by atoms with Crippen LogP contribution in [-0.2, 0) is 5.41 Å². The van der Waals surface area contributed by atoms with Crippen LogP contribution in [0.25, 0.3) is 0 Å². The zero-order valence-electron chi connectivity index (χ0n) is 16.3. The van der Waals surface area contributed by atoms with Gasteiger partial charge in [-0.05, 0) is 57.6 Å². The number of ether oxygens (including phenoxy) is 2. The van der Waals surface area contributed by atoms with E-state index in [4.69, 9.17) is 9.47 Å². The number of halogens is 1. The summed E-state index contributed by atoms with van der Waals surface area (Å²) < 4.78 is 11.9. The van der Waals surface area contributed by atoms with Crippen molar-refractivity contribution in [3.05, 3.63) is 52.5 Å². The molecular formula is C21H27BrN2O3. The molecule has 2 amide bonds. The molecule has 0 unspecified atom stereocenters. The Bertz CT molecular complexity index is 772. The first kappa shape index (κ1) is 21.1. The predicted octanol–water partition coefficient (Wildman–Crippen LogP) is 5.35. The molecule has 0 bridgehead atoms. The van der Waals surface area contributed by atoms with E-state index < -0.39 is 0 Å². The van der Waals surface area contributed by atoms with Gasteiger partial charge in [-0.25, -0.2) is 4.79 Å². The van der Waals surface area contributed by atoms with E-state index in [1.165, 1.54) is 5.56 Å². The molecule has 0 aliphatic heterocycles. The van der Waals surface area contributed by atoms with Crippen molar-refractivity contribution in [1.82, 2.24) is 5.32 Å². The third kappa shape index (κ3) is 6.79. The van der Waals surface area contributed by atoms with Gasteiger partial charge in [-0.15, -0.1) is 0 Å². The van der Waals surface area contributed by atoms with Crippen LogP contribution in [0, 0.1) is 0 Å². The molecule has 0 aromatic heterocycles. The molecule has 0 saturated carbocycles. The number of carbonyl (C=O) groups excluding carboxylic acids is 1. The summed E-state index contributed by atoms with van der Waals surface area (Å²) in [5.41, 5.74) is 2.03. The molecule has 146 valence electrons. The molecule has 0 saturated heterocycles. The van der Waals surface area contributed by atoms with E-state index in [0.29, 0.717) is 31.0 Å². The second kappa shape index (κ2) is 9.65. The van der Waals surface area contributed by atoms with Gasteiger partial charge in [0.25, 0.3) is 0 Å². The second-order valence-electron chi connectivity index (χ2n) is 7.21. The molecule has 0 aliphatic rings. The zero-order chi connectivity index (χ0) is 19.9. The highest BCUT2D eigenvalue weighted by atomic mass is 79.9. The average Bonchev–Trinajstić information content (AvgIpc) is 2.62. The van der Waals surface area contributed by atoms with Gasteiger partial charge in [0.15, 0.2) is 0 Å². The molecule has 0 aliphatic carbocycles. The van der Waals surface area contributed by atoms with Gasteiger partial charge in [0.2, 0.25) is 0 Å². The van der Waals surface area contributed by atoms with Crippen LogP contribution < -0.4 is 20.1 Å². The van der Waals surface area contributed by atoms with Crippen molar-refractivity contribution in [2.75, 3.05) is 25.6 Å². The minimum Gasteiger partial charge on any atom is -0.497 e. The van der Waals surface area contributed by atoms with Crippen LogP contribution in [-0.4, -0.2) is 26.3 Å². The molecule has 6 heteroatoms. The first-order chi connectivity index (χ1) is 12.8. The summed E-state index contributed by atoms with van der Waals surface area (Å²) in [5, 5.41) is 5.59. The van der Waals surface area contributed by atoms with E-state index in [2.05, 4.69) is 59.5 Å². The van der Waals surface area contributed by atoms with Crippen LogP contribution in [0.1, 0.15) is 32.8 Å². The van der Waals surface area contributed by atoms with E-state index in [-0.39, 0.29) is 11.4 Å². The van der Waals surface area contributed by atoms with Crippen molar-refractivity contribution in [2.24, 2.45) is 0 Å². The highest BCUT2D eigenvalue weighted by Crippen LogP contribution is 2.31. The van der Waals surface area contributed by atoms with Gasteiger partial charge >= 0.3 is 6.03 Å². The summed E-state index contributed by atoms with van der Waals surface area (Å²) in [4.78, 5) is 11.9. The monoisotopic (exact) mass is 434 g/mol. The molecule has 2 aromatic rings. The van der Waals surface area contributed by atoms with Gasteiger partial charge in [0.05, 0.1) is 18.2 Å². The average molecular weight is 435 g/mol. The maximum atomic E-state index is 11.9. The van der Waals surface area contributed by atoms with Gasteiger partial charge in [-0.3, -0.25) is 0 Å². The standard InChI is InChI=1S/C21H27BrN2O3/c1-21(2,3)15-9-10-19(18(22)13-15)27-12-6-11-23-20(25)24-16-7-5-8-17(14-16)26-4/h5,7-10,13-14H,6,11-12H2,1-4H3,(H2,23,24,25). The van der Waals surface area contributed by atoms with Gasteiger partial charge < -0.3 is 20.1 Å². The number of hydrogen-bond donors (Lipinski definition) is 2. The number of nitrogens with one attached hydrogen (secondary N) is 2. The summed E-state index contributed by atoms with van der Waals surface area (Å²) >= 11 is 3.57. The Morgan fingerprint density at radius 1 is 1.15 bits per heavy atom. The molecule has 27 heavy (non-hydrogen) atoms. The molecule has 2 N–H and O–H groups in total. The smallest absolute Gasteiger partial charge is 0.319 e. The van der Waals surface area contributed by atoms with Gasteiger partial charge in [0.1, 0.15) is 11.5 Å². The lowest BCUT2D eigenvalue weighted by molar-refractivity contribution is 0.250. The Kier molecular flexibility index (Phi) is 7.54. The minimum atomic E-state index is -0.251. The third-order valence-corrected chi connectivity index (χ3v) is 4.61. The Morgan fingerprint density at radius 2 is 1.93 bits per heavy atom. The van der Waals surface area contributed by atoms with Crippen LogP contribution in [0.4, 0.5) is 10.5 Å². The van der Waals surface area contributed by atoms with E-state index >= 15 is 0 Å². The van der Waals surface area contributed by atoms with Gasteiger partial charge in [-0.2, -0.15) is 0 Å². The molecule has 2 aromatic carbocycles. The SMILES string of the molecule is COc1cccc(NC(=O)NCCCOc2ccc(C(C)(C)C)cc2Br)c1. The molecule has 0 atom stereocenters. The Hall–Kier alpha value is -2.21. The van der Waals surface area contributed by atoms with Crippen molar-refractivity contribution in [3.8, 4) is 11.5 Å². The molecule has 5 nitrogen and oxygen atoms in total. The topological polar surface area (TPSA) is 59.6 Å². The quantitative estimate of drug-likeness (QED) is 0.577. The number of hydrogen-bond acceptors (Lipinski definition) is 3. The summed E-state index contributed by atoms with van der Waals surface area (Å²) in [6, 6.07) is 13.1. The minimum absolute atomic E-state index is 0.0983. The van der Waals surface area contributed by atoms with Crippen LogP contribution >= 0.6 is 15.9 Å². The first-order valence-corrected chi connectivity index (χ1v) is 9.70. The number of methoxy groups -OCH3 is 1. The number of anilines is 1. The fourth-order valence-corrected chi connectivity index (χ4v) is 2.91. The number of rotatable bonds is 7. The van der Waals surface area contributed by atoms with Crippen molar-refractivity contribution >= 4 is 27.6 Å². The van der Waals surface area contributed by atoms with Crippen LogP contribution in [0.3, 0.4) is 0 Å². The Balaban J connectivity index is 1.72. The normalized spacial score (nSPS) is 11.0. The lowest BCUT2D eigenvalue weighted by Crippen LogP contribution is -2.30. The molecule has 0 fully saturated rings. The van der Waals surface area contributed by atoms with Crippen LogP contribution in [0.15, 0.2) is 46.9 Å². The van der Waals surface area contributed by atoms with E-state index in [9.17, 15) is 4.79 Å². The molecule has 0 heterocycles. The van der Waals surface area contributed by atoms with Crippen molar-refractivity contribution in [2.45, 2.75) is 32.6 Å². The second-order valence-corrected chi connectivity index (χ2v) is 8.06. The van der Waals surface area contributed by atoms with Gasteiger partial charge in [-0.1, -0.05) is 32.9 Å². The number of urea groups is 1. The summed E-state index contributed by atoms with van der Waals surface area (Å²) in [6.07, 6.45) is 0.707. The molecule has 2 rings (SSSR count). The number of carbonyl (C=O) groups is 1. The van der Waals surface area contributed by atoms with E-state index in [1.807, 2.05) is 24.3 Å². The predicted molar refractivity (Wildman–Crippen MR) is 113 cm³/mol. The van der Waals surface area contributed by atoms with Crippen molar-refractivity contribution in [1.29, 1.82) is 0 Å². The highest BCUT2D eigenvalue weighted by Gasteiger charge is 2.15. The first-order valence-electron chi connectivity index (χ1n) is 8.91. The summed E-state index contributed by atoms with van der Waals surface area (Å²) in [5.74, 6) is 1.51. The highest BCUT2D eigenvalue weighted by molar-refractivity contribution is 9.10. The van der Waals surface area contributed by atoms with Crippen molar-refractivity contribution in [3.63, 3.8) is 0 Å². The lowest BCUT2D eigenvalue weighted by Gasteiger charge is -2.20. The van der Waals surface area contributed by atoms with E-state index in [0.717, 1.165) is 10.2 Å². The number of amides is 2. The lowest BCUT2D eigenvalue weighted by atomic mass is 9.87. The fraction of sp³-hybridized carbons (Fsp3) is 0.381. The maximum absolute atomic E-state index is 11.9. The largest absolute Gasteiger partial charge is 0.497 e. The maximum Gasteiger partial charge on any atom is 0.319 e. The van der Waals surface area contributed by atoms with Crippen LogP contribution in [0.2, 0.25) is 0 Å². The Labute approximate surface area is 169 Å².